The lowest BCUT2D eigenvalue weighted by Crippen LogP contribution is -1.82. The van der Waals surface area contributed by atoms with Gasteiger partial charge in [0.05, 0.1) is 0 Å². The zero-order chi connectivity index (χ0) is 14.6. The number of aliphatic carboxylic acids is 2. The van der Waals surface area contributed by atoms with Crippen LogP contribution in [0.4, 0.5) is 0 Å². The van der Waals surface area contributed by atoms with Crippen LogP contribution < -0.4 is 0 Å². The van der Waals surface area contributed by atoms with E-state index in [2.05, 4.69) is 51.3 Å². The minimum Gasteiger partial charge on any atom is -0.478 e. The highest BCUT2D eigenvalue weighted by molar-refractivity contribution is 5.79. The quantitative estimate of drug-likeness (QED) is 0.791. The summed E-state index contributed by atoms with van der Waals surface area (Å²) in [5, 5.41) is 15.2. The number of hydrogen-bond donors (Lipinski definition) is 2. The maximum Gasteiger partial charge on any atom is 0.327 e. The summed E-state index contributed by atoms with van der Waals surface area (Å²) in [6, 6.07) is 8.36. The van der Waals surface area contributed by atoms with Crippen molar-refractivity contribution in [1.29, 1.82) is 0 Å². The molecule has 2 N–H and O–H groups in total. The second-order valence-corrected chi connectivity index (χ2v) is 3.17. The largest absolute Gasteiger partial charge is 0.478 e. The standard InChI is InChI=1S/C8H10.2C3H4O2/c1-7-5-3-4-6-8(7)2;2*1-2-3(4)5/h3-6H,1-2H3;2*2H,1H2,(H,4,5). The van der Waals surface area contributed by atoms with Crippen molar-refractivity contribution in [3.63, 3.8) is 0 Å². The second-order valence-electron chi connectivity index (χ2n) is 3.17. The van der Waals surface area contributed by atoms with Gasteiger partial charge < -0.3 is 10.2 Å². The van der Waals surface area contributed by atoms with Crippen LogP contribution in [-0.2, 0) is 9.59 Å². The highest BCUT2D eigenvalue weighted by Gasteiger charge is 1.83. The van der Waals surface area contributed by atoms with E-state index in [9.17, 15) is 9.59 Å². The predicted octanol–water partition coefficient (Wildman–Crippen LogP) is 2.82. The molecule has 4 nitrogen and oxygen atoms in total. The van der Waals surface area contributed by atoms with Crippen LogP contribution in [0.15, 0.2) is 49.6 Å². The molecule has 4 heteroatoms. The van der Waals surface area contributed by atoms with Crippen molar-refractivity contribution in [2.45, 2.75) is 13.8 Å². The van der Waals surface area contributed by atoms with Crippen molar-refractivity contribution in [2.24, 2.45) is 0 Å². The predicted molar refractivity (Wildman–Crippen MR) is 71.6 cm³/mol. The average molecular weight is 250 g/mol. The SMILES string of the molecule is C=CC(=O)O.C=CC(=O)O.Cc1ccccc1C. The first kappa shape index (κ1) is 18.0. The Balaban J connectivity index is 0. The number of hydrogen-bond acceptors (Lipinski definition) is 2. The fraction of sp³-hybridized carbons (Fsp3) is 0.143. The van der Waals surface area contributed by atoms with Gasteiger partial charge >= 0.3 is 11.9 Å². The van der Waals surface area contributed by atoms with Gasteiger partial charge in [-0.1, -0.05) is 37.4 Å². The third-order valence-electron chi connectivity index (χ3n) is 1.77. The highest BCUT2D eigenvalue weighted by atomic mass is 16.4. The van der Waals surface area contributed by atoms with Crippen LogP contribution in [0.1, 0.15) is 11.1 Å². The van der Waals surface area contributed by atoms with Crippen LogP contribution in [0.3, 0.4) is 0 Å². The molecule has 0 bridgehead atoms. The lowest BCUT2D eigenvalue weighted by atomic mass is 10.1. The van der Waals surface area contributed by atoms with Crippen LogP contribution >= 0.6 is 0 Å². The van der Waals surface area contributed by atoms with E-state index in [0.29, 0.717) is 0 Å². The first-order valence-corrected chi connectivity index (χ1v) is 5.08. The van der Waals surface area contributed by atoms with E-state index in [-0.39, 0.29) is 0 Å². The number of aryl methyl sites for hydroxylation is 2. The first-order valence-electron chi connectivity index (χ1n) is 5.08. The molecule has 0 amide bonds. The summed E-state index contributed by atoms with van der Waals surface area (Å²) in [7, 11) is 0. The Kier molecular flexibility index (Phi) is 11.1. The molecule has 0 aliphatic heterocycles. The molecular weight excluding hydrogens is 232 g/mol. The lowest BCUT2D eigenvalue weighted by Gasteiger charge is -1.93. The zero-order valence-corrected chi connectivity index (χ0v) is 10.6. The molecule has 0 heterocycles. The summed E-state index contributed by atoms with van der Waals surface area (Å²) in [6.07, 6.45) is 1.67. The van der Waals surface area contributed by atoms with Gasteiger partial charge in [0.2, 0.25) is 0 Å². The smallest absolute Gasteiger partial charge is 0.327 e. The van der Waals surface area contributed by atoms with Crippen molar-refractivity contribution >= 4 is 11.9 Å². The van der Waals surface area contributed by atoms with Gasteiger partial charge in [-0.3, -0.25) is 0 Å². The fourth-order valence-corrected chi connectivity index (χ4v) is 0.663. The summed E-state index contributed by atoms with van der Waals surface area (Å²) in [6.45, 7) is 10.2. The molecule has 0 fully saturated rings. The molecule has 1 aromatic carbocycles. The van der Waals surface area contributed by atoms with Crippen molar-refractivity contribution in [3.05, 3.63) is 60.7 Å². The van der Waals surface area contributed by atoms with E-state index < -0.39 is 11.9 Å². The fourth-order valence-electron chi connectivity index (χ4n) is 0.663. The Labute approximate surface area is 107 Å². The molecule has 0 radical (unpaired) electrons. The maximum absolute atomic E-state index is 9.25. The Bertz CT molecular complexity index is 369. The number of carboxylic acids is 2. The normalized spacial score (nSPS) is 7.67. The minimum atomic E-state index is -0.981. The molecule has 98 valence electrons. The van der Waals surface area contributed by atoms with Gasteiger partial charge in [-0.15, -0.1) is 0 Å². The van der Waals surface area contributed by atoms with Gasteiger partial charge in [0.25, 0.3) is 0 Å². The number of carboxylic acid groups (broad SMARTS) is 2. The molecule has 0 aliphatic carbocycles. The van der Waals surface area contributed by atoms with Crippen molar-refractivity contribution in [1.82, 2.24) is 0 Å². The zero-order valence-electron chi connectivity index (χ0n) is 10.6. The number of carbonyl (C=O) groups is 2. The van der Waals surface area contributed by atoms with Crippen LogP contribution in [0.25, 0.3) is 0 Å². The lowest BCUT2D eigenvalue weighted by molar-refractivity contribution is -0.132. The van der Waals surface area contributed by atoms with Crippen molar-refractivity contribution in [3.8, 4) is 0 Å². The third kappa shape index (κ3) is 13.6. The summed E-state index contributed by atoms with van der Waals surface area (Å²) in [5.41, 5.74) is 2.74. The van der Waals surface area contributed by atoms with Gasteiger partial charge in [0.1, 0.15) is 0 Å². The molecule has 1 rings (SSSR count). The van der Waals surface area contributed by atoms with E-state index >= 15 is 0 Å². The summed E-state index contributed by atoms with van der Waals surface area (Å²) in [5.74, 6) is -1.96. The van der Waals surface area contributed by atoms with Gasteiger partial charge in [0.15, 0.2) is 0 Å². The maximum atomic E-state index is 9.25. The molecule has 0 spiro atoms. The monoisotopic (exact) mass is 250 g/mol. The molecule has 0 unspecified atom stereocenters. The van der Waals surface area contributed by atoms with Gasteiger partial charge in [-0.25, -0.2) is 9.59 Å². The Morgan fingerprint density at radius 2 is 1.17 bits per heavy atom. The summed E-state index contributed by atoms with van der Waals surface area (Å²) < 4.78 is 0. The molecule has 18 heavy (non-hydrogen) atoms. The third-order valence-corrected chi connectivity index (χ3v) is 1.77. The summed E-state index contributed by atoms with van der Waals surface area (Å²) >= 11 is 0. The second kappa shape index (κ2) is 11.1. The van der Waals surface area contributed by atoms with Crippen molar-refractivity contribution in [2.75, 3.05) is 0 Å². The van der Waals surface area contributed by atoms with Gasteiger partial charge in [-0.2, -0.15) is 0 Å². The van der Waals surface area contributed by atoms with E-state index in [1.54, 1.807) is 0 Å². The first-order chi connectivity index (χ1) is 8.34. The molecule has 0 aliphatic rings. The Morgan fingerprint density at radius 1 is 0.944 bits per heavy atom. The van der Waals surface area contributed by atoms with Crippen LogP contribution in [0.2, 0.25) is 0 Å². The highest BCUT2D eigenvalue weighted by Crippen LogP contribution is 2.02. The minimum absolute atomic E-state index is 0.833. The van der Waals surface area contributed by atoms with Crippen molar-refractivity contribution < 1.29 is 19.8 Å². The average Bonchev–Trinajstić information content (AvgIpc) is 2.34. The van der Waals surface area contributed by atoms with E-state index in [1.165, 1.54) is 11.1 Å². The Morgan fingerprint density at radius 3 is 1.28 bits per heavy atom. The van der Waals surface area contributed by atoms with Gasteiger partial charge in [-0.05, 0) is 25.0 Å². The molecule has 0 aromatic heterocycles. The number of rotatable bonds is 2. The van der Waals surface area contributed by atoms with Gasteiger partial charge in [0, 0.05) is 12.2 Å². The molecule has 0 saturated carbocycles. The molecular formula is C14H18O4. The molecule has 0 saturated heterocycles. The Hall–Kier alpha value is -2.36. The molecule has 0 atom stereocenters. The summed E-state index contributed by atoms with van der Waals surface area (Å²) in [4.78, 5) is 18.5. The van der Waals surface area contributed by atoms with Crippen LogP contribution in [0, 0.1) is 13.8 Å². The topological polar surface area (TPSA) is 74.6 Å². The van der Waals surface area contributed by atoms with E-state index in [1.807, 2.05) is 0 Å². The van der Waals surface area contributed by atoms with Crippen LogP contribution in [-0.4, -0.2) is 22.2 Å². The van der Waals surface area contributed by atoms with E-state index in [4.69, 9.17) is 10.2 Å². The molecule has 1 aromatic rings. The number of benzene rings is 1. The van der Waals surface area contributed by atoms with E-state index in [0.717, 1.165) is 12.2 Å². The van der Waals surface area contributed by atoms with Crippen LogP contribution in [0.5, 0.6) is 0 Å².